The van der Waals surface area contributed by atoms with Crippen LogP contribution in [0.25, 0.3) is 10.9 Å². The van der Waals surface area contributed by atoms with E-state index in [1.807, 2.05) is 36.4 Å². The smallest absolute Gasteiger partial charge is 0.367 e. The Hall–Kier alpha value is -3.17. The number of fused-ring (bicyclic) bond motifs is 1. The van der Waals surface area contributed by atoms with Crippen molar-refractivity contribution in [2.45, 2.75) is 30.3 Å². The molecule has 234 valence electrons. The van der Waals surface area contributed by atoms with Gasteiger partial charge >= 0.3 is 15.5 Å². The normalized spacial score (nSPS) is 15.5. The summed E-state index contributed by atoms with van der Waals surface area (Å²) in [6.07, 6.45) is 1.08. The van der Waals surface area contributed by atoms with Gasteiger partial charge in [-0.05, 0) is 65.9 Å². The van der Waals surface area contributed by atoms with Gasteiger partial charge in [0.25, 0.3) is 0 Å². The number of halogens is 5. The average Bonchev–Trinajstić information content (AvgIpc) is 2.94. The Morgan fingerprint density at radius 3 is 1.86 bits per heavy atom. The van der Waals surface area contributed by atoms with Gasteiger partial charge in [0.05, 0.1) is 11.8 Å². The monoisotopic (exact) mass is 687 g/mol. The standard InChI is InChI=1S/C28H26Cl2F3N5O4S2/c1-43(39,40)37-27-35-24-11-6-19(25(17-2-7-20(29)8-3-17)18-4-9-21(30)10-5-18)16-23(24)26(36-27)34-22-12-14-38(15-13-22)44(41,42)28(31,32)33/h2-11,16,22,25H,12-15H2,1H3,(H2,34,35,36,37). The van der Waals surface area contributed by atoms with Crippen LogP contribution in [0.1, 0.15) is 35.4 Å². The van der Waals surface area contributed by atoms with Crippen LogP contribution in [-0.2, 0) is 20.0 Å². The number of hydrogen-bond acceptors (Lipinski definition) is 7. The lowest BCUT2D eigenvalue weighted by Gasteiger charge is -2.32. The maximum absolute atomic E-state index is 13.1. The third kappa shape index (κ3) is 7.20. The van der Waals surface area contributed by atoms with Crippen LogP contribution in [-0.4, -0.2) is 62.0 Å². The number of aromatic nitrogens is 2. The van der Waals surface area contributed by atoms with Crippen molar-refractivity contribution in [3.63, 3.8) is 0 Å². The molecule has 0 unspecified atom stereocenters. The molecule has 0 bridgehead atoms. The summed E-state index contributed by atoms with van der Waals surface area (Å²) in [6.45, 7) is -0.700. The highest BCUT2D eigenvalue weighted by Gasteiger charge is 2.50. The Balaban J connectivity index is 1.55. The van der Waals surface area contributed by atoms with Crippen molar-refractivity contribution in [3.8, 4) is 0 Å². The number of nitrogens with zero attached hydrogens (tertiary/aromatic N) is 3. The lowest BCUT2D eigenvalue weighted by atomic mass is 9.84. The number of hydrogen-bond donors (Lipinski definition) is 2. The van der Waals surface area contributed by atoms with Gasteiger partial charge in [-0.2, -0.15) is 22.5 Å². The minimum absolute atomic E-state index is 0.0630. The fourth-order valence-electron chi connectivity index (χ4n) is 5.12. The van der Waals surface area contributed by atoms with E-state index in [1.54, 1.807) is 30.3 Å². The van der Waals surface area contributed by atoms with Crippen molar-refractivity contribution < 1.29 is 30.0 Å². The molecule has 1 saturated heterocycles. The minimum atomic E-state index is -5.44. The summed E-state index contributed by atoms with van der Waals surface area (Å²) in [4.78, 5) is 8.76. The molecule has 0 spiro atoms. The highest BCUT2D eigenvalue weighted by molar-refractivity contribution is 7.92. The van der Waals surface area contributed by atoms with Crippen molar-refractivity contribution in [1.82, 2.24) is 14.3 Å². The van der Waals surface area contributed by atoms with E-state index < -0.39 is 31.6 Å². The van der Waals surface area contributed by atoms with E-state index in [0.29, 0.717) is 25.3 Å². The number of piperidine rings is 1. The van der Waals surface area contributed by atoms with Crippen LogP contribution in [0.2, 0.25) is 10.0 Å². The summed E-state index contributed by atoms with van der Waals surface area (Å²) in [7, 11) is -9.18. The molecule has 1 aromatic heterocycles. The van der Waals surface area contributed by atoms with Crippen molar-refractivity contribution in [1.29, 1.82) is 0 Å². The summed E-state index contributed by atoms with van der Waals surface area (Å²) in [5, 5.41) is 4.87. The van der Waals surface area contributed by atoms with Gasteiger partial charge in [0.15, 0.2) is 0 Å². The van der Waals surface area contributed by atoms with Gasteiger partial charge in [0.1, 0.15) is 5.82 Å². The van der Waals surface area contributed by atoms with Gasteiger partial charge in [-0.25, -0.2) is 21.8 Å². The van der Waals surface area contributed by atoms with Crippen LogP contribution in [0.15, 0.2) is 66.7 Å². The first-order valence-electron chi connectivity index (χ1n) is 13.2. The first kappa shape index (κ1) is 32.2. The molecule has 0 radical (unpaired) electrons. The largest absolute Gasteiger partial charge is 0.511 e. The molecule has 4 aromatic rings. The molecule has 0 amide bonds. The Morgan fingerprint density at radius 2 is 1.36 bits per heavy atom. The molecule has 2 heterocycles. The third-order valence-corrected chi connectivity index (χ3v) is 9.85. The summed E-state index contributed by atoms with van der Waals surface area (Å²) < 4.78 is 89.6. The number of benzene rings is 3. The molecule has 3 aromatic carbocycles. The first-order chi connectivity index (χ1) is 20.6. The van der Waals surface area contributed by atoms with Gasteiger partial charge in [-0.1, -0.05) is 53.5 Å². The van der Waals surface area contributed by atoms with Gasteiger partial charge in [-0.15, -0.1) is 0 Å². The number of alkyl halides is 3. The molecule has 2 N–H and O–H groups in total. The predicted molar refractivity (Wildman–Crippen MR) is 165 cm³/mol. The van der Waals surface area contributed by atoms with Crippen LogP contribution >= 0.6 is 23.2 Å². The van der Waals surface area contributed by atoms with Crippen LogP contribution in [0.5, 0.6) is 0 Å². The maximum atomic E-state index is 13.1. The molecule has 16 heteroatoms. The molecular weight excluding hydrogens is 662 g/mol. The maximum Gasteiger partial charge on any atom is 0.511 e. The van der Waals surface area contributed by atoms with Crippen LogP contribution in [0, 0.1) is 0 Å². The van der Waals surface area contributed by atoms with Crippen molar-refractivity contribution >= 4 is 65.9 Å². The molecular formula is C28H26Cl2F3N5O4S2. The SMILES string of the molecule is CS(=O)(=O)Nc1nc(NC2CCN(S(=O)(=O)C(F)(F)F)CC2)c2cc(C(c3ccc(Cl)cc3)c3ccc(Cl)cc3)ccc2n1. The number of anilines is 2. The second kappa shape index (κ2) is 12.3. The third-order valence-electron chi connectivity index (χ3n) is 7.16. The van der Waals surface area contributed by atoms with Crippen LogP contribution in [0.3, 0.4) is 0 Å². The summed E-state index contributed by atoms with van der Waals surface area (Å²) in [5.41, 5.74) is -2.28. The van der Waals surface area contributed by atoms with E-state index in [1.165, 1.54) is 0 Å². The van der Waals surface area contributed by atoms with E-state index in [2.05, 4.69) is 20.0 Å². The molecule has 0 aliphatic carbocycles. The van der Waals surface area contributed by atoms with E-state index in [-0.39, 0.29) is 43.6 Å². The highest BCUT2D eigenvalue weighted by Crippen LogP contribution is 2.37. The number of sulfonamides is 2. The van der Waals surface area contributed by atoms with Gasteiger partial charge in [-0.3, -0.25) is 4.72 Å². The Bertz CT molecular complexity index is 1840. The van der Waals surface area contributed by atoms with E-state index in [9.17, 15) is 30.0 Å². The van der Waals surface area contributed by atoms with Crippen LogP contribution in [0.4, 0.5) is 24.9 Å². The molecule has 1 aliphatic heterocycles. The molecule has 1 fully saturated rings. The highest BCUT2D eigenvalue weighted by atomic mass is 35.5. The van der Waals surface area contributed by atoms with Gasteiger partial charge in [0.2, 0.25) is 16.0 Å². The molecule has 0 atom stereocenters. The van der Waals surface area contributed by atoms with Gasteiger partial charge < -0.3 is 5.32 Å². The second-order valence-electron chi connectivity index (χ2n) is 10.4. The molecule has 0 saturated carbocycles. The summed E-state index contributed by atoms with van der Waals surface area (Å²) in [5.74, 6) is -0.225. The van der Waals surface area contributed by atoms with Crippen molar-refractivity contribution in [2.75, 3.05) is 29.4 Å². The van der Waals surface area contributed by atoms with E-state index in [0.717, 1.165) is 22.9 Å². The summed E-state index contributed by atoms with van der Waals surface area (Å²) >= 11 is 12.3. The Kier molecular flexibility index (Phi) is 9.02. The zero-order valence-electron chi connectivity index (χ0n) is 23.0. The second-order valence-corrected chi connectivity index (χ2v) is 14.9. The summed E-state index contributed by atoms with van der Waals surface area (Å²) in [6, 6.07) is 19.7. The lowest BCUT2D eigenvalue weighted by Crippen LogP contribution is -2.47. The molecule has 5 rings (SSSR count). The number of rotatable bonds is 8. The molecule has 44 heavy (non-hydrogen) atoms. The van der Waals surface area contributed by atoms with Crippen LogP contribution < -0.4 is 10.0 Å². The number of nitrogens with one attached hydrogen (secondary N) is 2. The topological polar surface area (TPSA) is 121 Å². The fourth-order valence-corrected chi connectivity index (χ4v) is 6.77. The first-order valence-corrected chi connectivity index (χ1v) is 17.3. The fraction of sp³-hybridized carbons (Fsp3) is 0.286. The van der Waals surface area contributed by atoms with Crippen molar-refractivity contribution in [2.24, 2.45) is 0 Å². The van der Waals surface area contributed by atoms with E-state index in [4.69, 9.17) is 23.2 Å². The zero-order chi connectivity index (χ0) is 31.9. The Labute approximate surface area is 262 Å². The predicted octanol–water partition coefficient (Wildman–Crippen LogP) is 6.21. The lowest BCUT2D eigenvalue weighted by molar-refractivity contribution is -0.0494. The minimum Gasteiger partial charge on any atom is -0.367 e. The molecule has 9 nitrogen and oxygen atoms in total. The molecule has 1 aliphatic rings. The van der Waals surface area contributed by atoms with Crippen molar-refractivity contribution in [3.05, 3.63) is 93.5 Å². The van der Waals surface area contributed by atoms with Gasteiger partial charge in [0, 0.05) is 40.5 Å². The Morgan fingerprint density at radius 1 is 0.841 bits per heavy atom. The zero-order valence-corrected chi connectivity index (χ0v) is 26.2. The quantitative estimate of drug-likeness (QED) is 0.211. The van der Waals surface area contributed by atoms with E-state index >= 15 is 0 Å². The average molecular weight is 689 g/mol.